The number of nitro benzene ring substituents is 1. The van der Waals surface area contributed by atoms with Gasteiger partial charge in [-0.2, -0.15) is 5.26 Å². The molecule has 0 atom stereocenters. The molecule has 1 aliphatic heterocycles. The number of rotatable bonds is 4. The predicted molar refractivity (Wildman–Crippen MR) is 114 cm³/mol. The molecule has 1 aliphatic rings. The highest BCUT2D eigenvalue weighted by atomic mass is 32.1. The van der Waals surface area contributed by atoms with Crippen molar-refractivity contribution < 1.29 is 9.72 Å². The van der Waals surface area contributed by atoms with Gasteiger partial charge in [-0.15, -0.1) is 11.3 Å². The fourth-order valence-electron chi connectivity index (χ4n) is 3.77. The number of nitro groups is 1. The van der Waals surface area contributed by atoms with E-state index in [2.05, 4.69) is 44.4 Å². The molecule has 2 heterocycles. The lowest BCUT2D eigenvalue weighted by atomic mass is 9.81. The van der Waals surface area contributed by atoms with Crippen molar-refractivity contribution in [2.45, 2.75) is 45.2 Å². The summed E-state index contributed by atoms with van der Waals surface area (Å²) in [5, 5.41) is 27.4. The normalized spacial score (nSPS) is 16.8. The minimum Gasteiger partial charge on any atom is -0.313 e. The number of nitrogens with zero attached hydrogens (tertiary/aromatic N) is 2. The highest BCUT2D eigenvalue weighted by molar-refractivity contribution is 7.17. The molecule has 0 saturated heterocycles. The Morgan fingerprint density at radius 2 is 1.97 bits per heavy atom. The number of carbonyl (C=O) groups is 1. The first-order valence-electron chi connectivity index (χ1n) is 9.11. The average Bonchev–Trinajstić information content (AvgIpc) is 2.96. The fraction of sp³-hybridized carbons (Fsp3) is 0.333. The Kier molecular flexibility index (Phi) is 5.30. The fourth-order valence-corrected chi connectivity index (χ4v) is 5.00. The zero-order valence-corrected chi connectivity index (χ0v) is 17.5. The van der Waals surface area contributed by atoms with Crippen molar-refractivity contribution >= 4 is 34.0 Å². The number of carbonyl (C=O) groups excluding carboxylic acids is 1. The summed E-state index contributed by atoms with van der Waals surface area (Å²) in [6.45, 7) is 8.35. The summed E-state index contributed by atoms with van der Waals surface area (Å²) in [6.07, 6.45) is 3.64. The maximum atomic E-state index is 12.4. The van der Waals surface area contributed by atoms with E-state index >= 15 is 0 Å². The monoisotopic (exact) mass is 410 g/mol. The van der Waals surface area contributed by atoms with Crippen LogP contribution in [0, 0.1) is 21.4 Å². The van der Waals surface area contributed by atoms with E-state index in [1.807, 2.05) is 0 Å². The number of thiophene rings is 1. The molecular weight excluding hydrogens is 388 g/mol. The van der Waals surface area contributed by atoms with Crippen LogP contribution in [-0.2, 0) is 16.8 Å². The van der Waals surface area contributed by atoms with Crippen molar-refractivity contribution in [2.75, 3.05) is 5.32 Å². The molecule has 1 aromatic carbocycles. The third kappa shape index (κ3) is 4.36. The lowest BCUT2D eigenvalue weighted by Gasteiger charge is -2.42. The Balaban J connectivity index is 1.82. The van der Waals surface area contributed by atoms with Gasteiger partial charge in [-0.3, -0.25) is 14.9 Å². The summed E-state index contributed by atoms with van der Waals surface area (Å²) in [4.78, 5) is 23.7. The van der Waals surface area contributed by atoms with Gasteiger partial charge in [0.1, 0.15) is 11.1 Å². The number of hydrogen-bond acceptors (Lipinski definition) is 6. The zero-order valence-electron chi connectivity index (χ0n) is 16.7. The Hall–Kier alpha value is -3.02. The van der Waals surface area contributed by atoms with Crippen LogP contribution >= 0.6 is 11.3 Å². The quantitative estimate of drug-likeness (QED) is 0.443. The summed E-state index contributed by atoms with van der Waals surface area (Å²) in [5.74, 6) is -0.358. The SMILES string of the molecule is CC1(C)Cc2c(sc(NC(=O)C=Cc3ccc([N+](=O)[O-])cc3)c2C#N)C(C)(C)N1. The van der Waals surface area contributed by atoms with Crippen molar-refractivity contribution in [3.63, 3.8) is 0 Å². The van der Waals surface area contributed by atoms with Gasteiger partial charge >= 0.3 is 0 Å². The minimum atomic E-state index is -0.472. The van der Waals surface area contributed by atoms with E-state index < -0.39 is 4.92 Å². The van der Waals surface area contributed by atoms with Crippen molar-refractivity contribution in [3.05, 3.63) is 62.0 Å². The molecule has 7 nitrogen and oxygen atoms in total. The van der Waals surface area contributed by atoms with Crippen LogP contribution in [0.25, 0.3) is 6.08 Å². The number of hydrogen-bond donors (Lipinski definition) is 2. The van der Waals surface area contributed by atoms with Gasteiger partial charge in [0.2, 0.25) is 5.91 Å². The van der Waals surface area contributed by atoms with E-state index in [9.17, 15) is 20.2 Å². The van der Waals surface area contributed by atoms with Crippen LogP contribution in [0.15, 0.2) is 30.3 Å². The summed E-state index contributed by atoms with van der Waals surface area (Å²) < 4.78 is 0. The number of anilines is 1. The van der Waals surface area contributed by atoms with Gasteiger partial charge in [0.25, 0.3) is 5.69 Å². The maximum Gasteiger partial charge on any atom is 0.269 e. The molecule has 0 radical (unpaired) electrons. The third-order valence-corrected chi connectivity index (χ3v) is 6.20. The Bertz CT molecular complexity index is 1040. The molecule has 0 bridgehead atoms. The van der Waals surface area contributed by atoms with E-state index in [-0.39, 0.29) is 22.7 Å². The van der Waals surface area contributed by atoms with Gasteiger partial charge in [0.05, 0.1) is 10.5 Å². The second kappa shape index (κ2) is 7.43. The van der Waals surface area contributed by atoms with Gasteiger partial charge in [0.15, 0.2) is 0 Å². The second-order valence-electron chi connectivity index (χ2n) is 8.21. The van der Waals surface area contributed by atoms with Gasteiger partial charge in [-0.1, -0.05) is 0 Å². The highest BCUT2D eigenvalue weighted by Crippen LogP contribution is 2.44. The van der Waals surface area contributed by atoms with E-state index in [0.717, 1.165) is 10.4 Å². The molecule has 150 valence electrons. The second-order valence-corrected chi connectivity index (χ2v) is 9.23. The van der Waals surface area contributed by atoms with E-state index in [0.29, 0.717) is 22.5 Å². The van der Waals surface area contributed by atoms with Gasteiger partial charge in [-0.05, 0) is 63.5 Å². The van der Waals surface area contributed by atoms with Crippen LogP contribution in [-0.4, -0.2) is 16.4 Å². The zero-order chi connectivity index (χ0) is 21.4. The molecule has 0 aliphatic carbocycles. The first-order chi connectivity index (χ1) is 13.5. The molecule has 2 aromatic rings. The Morgan fingerprint density at radius 3 is 2.55 bits per heavy atom. The summed E-state index contributed by atoms with van der Waals surface area (Å²) in [5.41, 5.74) is 1.72. The molecule has 0 unspecified atom stereocenters. The molecule has 3 rings (SSSR count). The number of nitrogens with one attached hydrogen (secondary N) is 2. The number of nitriles is 1. The number of amides is 1. The van der Waals surface area contributed by atoms with Crippen LogP contribution in [0.5, 0.6) is 0 Å². The van der Waals surface area contributed by atoms with Crippen LogP contribution in [0.3, 0.4) is 0 Å². The molecule has 0 fully saturated rings. The van der Waals surface area contributed by atoms with Crippen LogP contribution in [0.1, 0.15) is 49.3 Å². The molecule has 1 aromatic heterocycles. The van der Waals surface area contributed by atoms with Gasteiger partial charge in [-0.25, -0.2) is 0 Å². The largest absolute Gasteiger partial charge is 0.313 e. The predicted octanol–water partition coefficient (Wildman–Crippen LogP) is 4.34. The maximum absolute atomic E-state index is 12.4. The van der Waals surface area contributed by atoms with Crippen molar-refractivity contribution in [1.29, 1.82) is 5.26 Å². The lowest BCUT2D eigenvalue weighted by Crippen LogP contribution is -2.54. The summed E-state index contributed by atoms with van der Waals surface area (Å²) in [7, 11) is 0. The van der Waals surface area contributed by atoms with E-state index in [4.69, 9.17) is 0 Å². The Morgan fingerprint density at radius 1 is 1.31 bits per heavy atom. The Labute approximate surface area is 173 Å². The molecular formula is C21H22N4O3S. The van der Waals surface area contributed by atoms with Crippen LogP contribution < -0.4 is 10.6 Å². The number of fused-ring (bicyclic) bond motifs is 1. The standard InChI is InChI=1S/C21H22N4O3S/c1-20(2)11-15-16(12-22)19(29-18(15)21(3,4)24-20)23-17(26)10-7-13-5-8-14(9-6-13)25(27)28/h5-10,24H,11H2,1-4H3,(H,23,26). The van der Waals surface area contributed by atoms with E-state index in [1.165, 1.54) is 29.5 Å². The molecule has 2 N–H and O–H groups in total. The van der Waals surface area contributed by atoms with Crippen molar-refractivity contribution in [2.24, 2.45) is 0 Å². The van der Waals surface area contributed by atoms with Crippen LogP contribution in [0.2, 0.25) is 0 Å². The number of non-ortho nitro benzene ring substituents is 1. The van der Waals surface area contributed by atoms with E-state index in [1.54, 1.807) is 18.2 Å². The molecule has 0 saturated carbocycles. The summed E-state index contributed by atoms with van der Waals surface area (Å²) in [6, 6.07) is 8.17. The lowest BCUT2D eigenvalue weighted by molar-refractivity contribution is -0.384. The molecule has 8 heteroatoms. The number of benzene rings is 1. The first-order valence-corrected chi connectivity index (χ1v) is 9.93. The minimum absolute atomic E-state index is 0.00595. The van der Waals surface area contributed by atoms with Gasteiger partial charge in [0, 0.05) is 34.2 Å². The molecule has 1 amide bonds. The summed E-state index contributed by atoms with van der Waals surface area (Å²) >= 11 is 1.42. The smallest absolute Gasteiger partial charge is 0.269 e. The first kappa shape index (κ1) is 20.7. The average molecular weight is 410 g/mol. The highest BCUT2D eigenvalue weighted by Gasteiger charge is 2.40. The third-order valence-electron chi connectivity index (χ3n) is 4.72. The molecule has 0 spiro atoms. The van der Waals surface area contributed by atoms with Crippen molar-refractivity contribution in [3.8, 4) is 6.07 Å². The van der Waals surface area contributed by atoms with Crippen LogP contribution in [0.4, 0.5) is 10.7 Å². The molecule has 29 heavy (non-hydrogen) atoms. The van der Waals surface area contributed by atoms with Gasteiger partial charge < -0.3 is 10.6 Å². The van der Waals surface area contributed by atoms with Crippen molar-refractivity contribution in [1.82, 2.24) is 5.32 Å². The topological polar surface area (TPSA) is 108 Å².